The van der Waals surface area contributed by atoms with E-state index in [2.05, 4.69) is 40.7 Å². The summed E-state index contributed by atoms with van der Waals surface area (Å²) in [4.78, 5) is 2.35. The molecule has 0 unspecified atom stereocenters. The fourth-order valence-corrected chi connectivity index (χ4v) is 2.29. The third kappa shape index (κ3) is 4.34. The second-order valence-electron chi connectivity index (χ2n) is 4.47. The molecular formula is C15H21BrN2. The van der Waals surface area contributed by atoms with Crippen molar-refractivity contribution in [1.29, 1.82) is 5.26 Å². The summed E-state index contributed by atoms with van der Waals surface area (Å²) in [6, 6.07) is 8.27. The first kappa shape index (κ1) is 15.0. The summed E-state index contributed by atoms with van der Waals surface area (Å²) >= 11 is 3.42. The van der Waals surface area contributed by atoms with Crippen molar-refractivity contribution in [2.75, 3.05) is 18.0 Å². The number of anilines is 1. The molecule has 0 atom stereocenters. The van der Waals surface area contributed by atoms with Crippen LogP contribution in [0.2, 0.25) is 0 Å². The van der Waals surface area contributed by atoms with E-state index in [9.17, 15) is 5.26 Å². The molecule has 1 rings (SSSR count). The molecule has 0 radical (unpaired) electrons. The number of unbranched alkanes of at least 4 members (excludes halogenated alkanes) is 2. The summed E-state index contributed by atoms with van der Waals surface area (Å²) < 4.78 is 0.966. The van der Waals surface area contributed by atoms with E-state index in [4.69, 9.17) is 0 Å². The topological polar surface area (TPSA) is 27.0 Å². The second kappa shape index (κ2) is 8.16. The van der Waals surface area contributed by atoms with Crippen LogP contribution in [0.1, 0.15) is 45.1 Å². The van der Waals surface area contributed by atoms with E-state index in [0.29, 0.717) is 0 Å². The molecule has 0 aromatic heterocycles. The summed E-state index contributed by atoms with van der Waals surface area (Å²) in [6.07, 6.45) is 4.71. The minimum atomic E-state index is 0.761. The second-order valence-corrected chi connectivity index (χ2v) is 5.38. The molecular weight excluding hydrogens is 288 g/mol. The molecule has 98 valence electrons. The average Bonchev–Trinajstić information content (AvgIpc) is 2.39. The minimum absolute atomic E-state index is 0.761. The lowest BCUT2D eigenvalue weighted by Gasteiger charge is -2.25. The number of nitriles is 1. The Labute approximate surface area is 119 Å². The molecule has 2 nitrogen and oxygen atoms in total. The normalized spacial score (nSPS) is 10.1. The van der Waals surface area contributed by atoms with E-state index in [1.807, 2.05) is 18.2 Å². The van der Waals surface area contributed by atoms with Gasteiger partial charge in [0.2, 0.25) is 0 Å². The van der Waals surface area contributed by atoms with Gasteiger partial charge in [-0.1, -0.05) is 42.6 Å². The lowest BCUT2D eigenvalue weighted by Crippen LogP contribution is -2.26. The van der Waals surface area contributed by atoms with Crippen molar-refractivity contribution in [3.05, 3.63) is 28.2 Å². The van der Waals surface area contributed by atoms with Gasteiger partial charge in [-0.3, -0.25) is 0 Å². The Bertz CT molecular complexity index is 401. The van der Waals surface area contributed by atoms with Gasteiger partial charge in [0.25, 0.3) is 0 Å². The van der Waals surface area contributed by atoms with Gasteiger partial charge in [0, 0.05) is 17.6 Å². The van der Waals surface area contributed by atoms with Crippen molar-refractivity contribution >= 4 is 21.6 Å². The Morgan fingerprint density at radius 3 is 2.28 bits per heavy atom. The van der Waals surface area contributed by atoms with Crippen LogP contribution in [-0.2, 0) is 0 Å². The Hall–Kier alpha value is -1.01. The maximum Gasteiger partial charge on any atom is 0.101 e. The minimum Gasteiger partial charge on any atom is -0.370 e. The molecule has 1 aromatic carbocycles. The third-order valence-corrected chi connectivity index (χ3v) is 3.48. The highest BCUT2D eigenvalue weighted by molar-refractivity contribution is 9.10. The standard InChI is InChI=1S/C15H21BrN2/c1-3-5-9-18(10-6-4-2)15-8-7-14(16)11-13(15)12-17/h7-8,11H,3-6,9-10H2,1-2H3. The van der Waals surface area contributed by atoms with Crippen molar-refractivity contribution in [2.24, 2.45) is 0 Å². The Morgan fingerprint density at radius 2 is 1.78 bits per heavy atom. The van der Waals surface area contributed by atoms with Crippen LogP contribution in [0.5, 0.6) is 0 Å². The molecule has 0 N–H and O–H groups in total. The number of nitrogens with zero attached hydrogens (tertiary/aromatic N) is 2. The van der Waals surface area contributed by atoms with Gasteiger partial charge in [-0.05, 0) is 31.0 Å². The van der Waals surface area contributed by atoms with Crippen LogP contribution in [0.15, 0.2) is 22.7 Å². The molecule has 0 saturated heterocycles. The molecule has 3 heteroatoms. The van der Waals surface area contributed by atoms with Gasteiger partial charge in [0.1, 0.15) is 6.07 Å². The van der Waals surface area contributed by atoms with Crippen LogP contribution < -0.4 is 4.90 Å². The predicted molar refractivity (Wildman–Crippen MR) is 80.9 cm³/mol. The molecule has 0 aliphatic heterocycles. The lowest BCUT2D eigenvalue weighted by atomic mass is 10.1. The summed E-state index contributed by atoms with van der Waals surface area (Å²) in [5.74, 6) is 0. The zero-order chi connectivity index (χ0) is 13.4. The Balaban J connectivity index is 2.92. The average molecular weight is 309 g/mol. The summed E-state index contributed by atoms with van der Waals surface area (Å²) in [6.45, 7) is 6.47. The van der Waals surface area contributed by atoms with E-state index in [-0.39, 0.29) is 0 Å². The zero-order valence-electron chi connectivity index (χ0n) is 11.2. The zero-order valence-corrected chi connectivity index (χ0v) is 12.8. The first-order valence-corrected chi connectivity index (χ1v) is 7.46. The van der Waals surface area contributed by atoms with E-state index in [0.717, 1.165) is 28.8 Å². The number of rotatable bonds is 7. The fraction of sp³-hybridized carbons (Fsp3) is 0.533. The van der Waals surface area contributed by atoms with Gasteiger partial charge >= 0.3 is 0 Å². The molecule has 0 fully saturated rings. The lowest BCUT2D eigenvalue weighted by molar-refractivity contribution is 0.677. The van der Waals surface area contributed by atoms with Crippen molar-refractivity contribution in [3.8, 4) is 6.07 Å². The van der Waals surface area contributed by atoms with Crippen LogP contribution in [0, 0.1) is 11.3 Å². The largest absolute Gasteiger partial charge is 0.370 e. The predicted octanol–water partition coefficient (Wildman–Crippen LogP) is 4.73. The first-order chi connectivity index (χ1) is 8.72. The smallest absolute Gasteiger partial charge is 0.101 e. The van der Waals surface area contributed by atoms with Gasteiger partial charge in [0.15, 0.2) is 0 Å². The maximum atomic E-state index is 9.25. The fourth-order valence-electron chi connectivity index (χ4n) is 1.92. The van der Waals surface area contributed by atoms with Crippen LogP contribution >= 0.6 is 15.9 Å². The highest BCUT2D eigenvalue weighted by Crippen LogP contribution is 2.24. The molecule has 0 heterocycles. The van der Waals surface area contributed by atoms with Crippen molar-refractivity contribution in [2.45, 2.75) is 39.5 Å². The third-order valence-electron chi connectivity index (χ3n) is 2.98. The molecule has 0 saturated carbocycles. The molecule has 0 aliphatic rings. The van der Waals surface area contributed by atoms with E-state index in [1.165, 1.54) is 25.7 Å². The Morgan fingerprint density at radius 1 is 1.17 bits per heavy atom. The number of benzene rings is 1. The highest BCUT2D eigenvalue weighted by Gasteiger charge is 2.10. The molecule has 18 heavy (non-hydrogen) atoms. The first-order valence-electron chi connectivity index (χ1n) is 6.67. The van der Waals surface area contributed by atoms with Gasteiger partial charge in [-0.25, -0.2) is 0 Å². The molecule has 0 spiro atoms. The van der Waals surface area contributed by atoms with Crippen LogP contribution in [0.25, 0.3) is 0 Å². The van der Waals surface area contributed by atoms with E-state index in [1.54, 1.807) is 0 Å². The van der Waals surface area contributed by atoms with Crippen molar-refractivity contribution in [1.82, 2.24) is 0 Å². The van der Waals surface area contributed by atoms with E-state index < -0.39 is 0 Å². The number of halogens is 1. The molecule has 0 aliphatic carbocycles. The molecule has 0 bridgehead atoms. The quantitative estimate of drug-likeness (QED) is 0.728. The van der Waals surface area contributed by atoms with Gasteiger partial charge in [0.05, 0.1) is 11.3 Å². The van der Waals surface area contributed by atoms with Gasteiger partial charge in [-0.2, -0.15) is 5.26 Å². The Kier molecular flexibility index (Phi) is 6.82. The SMILES string of the molecule is CCCCN(CCCC)c1ccc(Br)cc1C#N. The monoisotopic (exact) mass is 308 g/mol. The maximum absolute atomic E-state index is 9.25. The summed E-state index contributed by atoms with van der Waals surface area (Å²) in [5, 5.41) is 9.25. The van der Waals surface area contributed by atoms with Gasteiger partial charge < -0.3 is 4.90 Å². The molecule has 0 amide bonds. The highest BCUT2D eigenvalue weighted by atomic mass is 79.9. The molecule has 1 aromatic rings. The van der Waals surface area contributed by atoms with Crippen molar-refractivity contribution in [3.63, 3.8) is 0 Å². The number of hydrogen-bond donors (Lipinski definition) is 0. The summed E-state index contributed by atoms with van der Waals surface area (Å²) in [5.41, 5.74) is 1.83. The van der Waals surface area contributed by atoms with Crippen LogP contribution in [-0.4, -0.2) is 13.1 Å². The summed E-state index contributed by atoms with van der Waals surface area (Å²) in [7, 11) is 0. The van der Waals surface area contributed by atoms with Crippen LogP contribution in [0.3, 0.4) is 0 Å². The number of hydrogen-bond acceptors (Lipinski definition) is 2. The van der Waals surface area contributed by atoms with E-state index >= 15 is 0 Å². The van der Waals surface area contributed by atoms with Crippen molar-refractivity contribution < 1.29 is 0 Å². The van der Waals surface area contributed by atoms with Crippen LogP contribution in [0.4, 0.5) is 5.69 Å². The van der Waals surface area contributed by atoms with Gasteiger partial charge in [-0.15, -0.1) is 0 Å².